The van der Waals surface area contributed by atoms with Gasteiger partial charge in [-0.15, -0.1) is 0 Å². The van der Waals surface area contributed by atoms with E-state index in [1.54, 1.807) is 6.92 Å². The highest BCUT2D eigenvalue weighted by molar-refractivity contribution is 5.97. The molecule has 2 nitrogen and oxygen atoms in total. The Labute approximate surface area is 58.2 Å². The lowest BCUT2D eigenvalue weighted by Crippen LogP contribution is -2.12. The number of halogens is 1. The molecule has 0 heterocycles. The average Bonchev–Trinajstić information content (AvgIpc) is 1.84. The van der Waals surface area contributed by atoms with Gasteiger partial charge in [-0.3, -0.25) is 4.79 Å². The van der Waals surface area contributed by atoms with Gasteiger partial charge in [-0.2, -0.15) is 0 Å². The van der Waals surface area contributed by atoms with Crippen LogP contribution in [0.5, 0.6) is 0 Å². The number of hydrogen-bond donors (Lipinski definition) is 1. The minimum atomic E-state index is -0.475. The van der Waals surface area contributed by atoms with Gasteiger partial charge in [0.25, 0.3) is 0 Å². The second-order valence-corrected chi connectivity index (χ2v) is 2.30. The molecular formula is C7H8FNO. The number of nitrogens with two attached hydrogens (primary N) is 1. The molecule has 3 heteroatoms. The fraction of sp³-hybridized carbons (Fsp3) is 0.286. The predicted octanol–water partition coefficient (Wildman–Crippen LogP) is 1.05. The standard InChI is InChI=1S/C7H8FNO/c1-4-2-5(8)6(9)3-7(4)10/h2H,3,9H2,1H3. The van der Waals surface area contributed by atoms with Crippen LogP contribution in [0.15, 0.2) is 23.2 Å². The number of carbonyl (C=O) groups is 1. The summed E-state index contributed by atoms with van der Waals surface area (Å²) in [6.07, 6.45) is 1.19. The van der Waals surface area contributed by atoms with Crippen LogP contribution in [0.2, 0.25) is 0 Å². The van der Waals surface area contributed by atoms with Crippen LogP contribution in [0, 0.1) is 0 Å². The quantitative estimate of drug-likeness (QED) is 0.547. The van der Waals surface area contributed by atoms with E-state index in [4.69, 9.17) is 5.73 Å². The van der Waals surface area contributed by atoms with Gasteiger partial charge in [0, 0.05) is 0 Å². The second-order valence-electron chi connectivity index (χ2n) is 2.30. The maximum atomic E-state index is 12.5. The fourth-order valence-corrected chi connectivity index (χ4v) is 0.760. The maximum Gasteiger partial charge on any atom is 0.164 e. The highest BCUT2D eigenvalue weighted by Crippen LogP contribution is 2.17. The van der Waals surface area contributed by atoms with Gasteiger partial charge in [-0.05, 0) is 18.6 Å². The van der Waals surface area contributed by atoms with Crippen molar-refractivity contribution in [3.8, 4) is 0 Å². The summed E-state index contributed by atoms with van der Waals surface area (Å²) >= 11 is 0. The molecule has 1 aliphatic carbocycles. The summed E-state index contributed by atoms with van der Waals surface area (Å²) in [5.41, 5.74) is 5.64. The lowest BCUT2D eigenvalue weighted by molar-refractivity contribution is -0.115. The Morgan fingerprint density at radius 1 is 1.70 bits per heavy atom. The van der Waals surface area contributed by atoms with E-state index in [9.17, 15) is 9.18 Å². The molecule has 10 heavy (non-hydrogen) atoms. The van der Waals surface area contributed by atoms with Crippen molar-refractivity contribution >= 4 is 5.78 Å². The summed E-state index contributed by atoms with van der Waals surface area (Å²) < 4.78 is 12.5. The van der Waals surface area contributed by atoms with Crippen LogP contribution < -0.4 is 5.73 Å². The Kier molecular flexibility index (Phi) is 1.57. The molecule has 0 atom stereocenters. The maximum absolute atomic E-state index is 12.5. The first kappa shape index (κ1) is 6.99. The molecule has 0 amide bonds. The summed E-state index contributed by atoms with van der Waals surface area (Å²) in [5, 5.41) is 0. The predicted molar refractivity (Wildman–Crippen MR) is 35.7 cm³/mol. The number of ketones is 1. The molecular weight excluding hydrogens is 133 g/mol. The third-order valence-corrected chi connectivity index (χ3v) is 1.44. The van der Waals surface area contributed by atoms with E-state index < -0.39 is 5.83 Å². The zero-order valence-corrected chi connectivity index (χ0v) is 5.65. The topological polar surface area (TPSA) is 43.1 Å². The zero-order valence-electron chi connectivity index (χ0n) is 5.65. The molecule has 0 aromatic carbocycles. The van der Waals surface area contributed by atoms with Crippen LogP contribution in [-0.4, -0.2) is 5.78 Å². The Balaban J connectivity index is 2.99. The van der Waals surface area contributed by atoms with E-state index >= 15 is 0 Å². The van der Waals surface area contributed by atoms with Crippen molar-refractivity contribution in [2.75, 3.05) is 0 Å². The third-order valence-electron chi connectivity index (χ3n) is 1.44. The molecule has 0 aromatic heterocycles. The monoisotopic (exact) mass is 141 g/mol. The third kappa shape index (κ3) is 1.07. The van der Waals surface area contributed by atoms with Crippen LogP contribution in [-0.2, 0) is 4.79 Å². The smallest absolute Gasteiger partial charge is 0.164 e. The zero-order chi connectivity index (χ0) is 7.72. The molecule has 0 radical (unpaired) electrons. The molecule has 1 rings (SSSR count). The van der Waals surface area contributed by atoms with Crippen LogP contribution in [0.3, 0.4) is 0 Å². The number of carbonyl (C=O) groups excluding carboxylic acids is 1. The number of hydrogen-bond acceptors (Lipinski definition) is 2. The van der Waals surface area contributed by atoms with Gasteiger partial charge in [-0.25, -0.2) is 4.39 Å². The lowest BCUT2D eigenvalue weighted by Gasteiger charge is -2.07. The summed E-state index contributed by atoms with van der Waals surface area (Å²) in [4.78, 5) is 10.8. The van der Waals surface area contributed by atoms with Crippen LogP contribution in [0.25, 0.3) is 0 Å². The molecule has 0 fully saturated rings. The molecule has 0 aromatic rings. The fourth-order valence-electron chi connectivity index (χ4n) is 0.760. The van der Waals surface area contributed by atoms with E-state index in [1.165, 1.54) is 6.08 Å². The lowest BCUT2D eigenvalue weighted by atomic mass is 10.0. The minimum absolute atomic E-state index is 0.0220. The van der Waals surface area contributed by atoms with E-state index in [-0.39, 0.29) is 17.9 Å². The van der Waals surface area contributed by atoms with Crippen molar-refractivity contribution < 1.29 is 9.18 Å². The van der Waals surface area contributed by atoms with Gasteiger partial charge >= 0.3 is 0 Å². The number of allylic oxidation sites excluding steroid dienone is 4. The molecule has 1 aliphatic rings. The van der Waals surface area contributed by atoms with Crippen molar-refractivity contribution in [2.45, 2.75) is 13.3 Å². The largest absolute Gasteiger partial charge is 0.399 e. The summed E-state index contributed by atoms with van der Waals surface area (Å²) in [7, 11) is 0. The number of Topliss-reactive ketones (excluding diaryl/α,β-unsaturated/α-hetero) is 1. The first-order chi connectivity index (χ1) is 4.61. The van der Waals surface area contributed by atoms with E-state index in [0.29, 0.717) is 5.57 Å². The molecule has 0 unspecified atom stereocenters. The van der Waals surface area contributed by atoms with Crippen LogP contribution in [0.1, 0.15) is 13.3 Å². The Bertz CT molecular complexity index is 240. The van der Waals surface area contributed by atoms with E-state index in [0.717, 1.165) is 0 Å². The van der Waals surface area contributed by atoms with Crippen LogP contribution in [0.4, 0.5) is 4.39 Å². The van der Waals surface area contributed by atoms with Gasteiger partial charge in [0.15, 0.2) is 5.78 Å². The molecule has 0 bridgehead atoms. The van der Waals surface area contributed by atoms with Crippen molar-refractivity contribution in [1.29, 1.82) is 0 Å². The van der Waals surface area contributed by atoms with E-state index in [1.807, 2.05) is 0 Å². The first-order valence-electron chi connectivity index (χ1n) is 2.97. The normalized spacial score (nSPS) is 19.4. The minimum Gasteiger partial charge on any atom is -0.399 e. The SMILES string of the molecule is CC1=CC(F)=C(N)CC1=O. The number of rotatable bonds is 0. The van der Waals surface area contributed by atoms with Gasteiger partial charge in [-0.1, -0.05) is 0 Å². The van der Waals surface area contributed by atoms with Crippen molar-refractivity contribution in [1.82, 2.24) is 0 Å². The van der Waals surface area contributed by atoms with Crippen LogP contribution >= 0.6 is 0 Å². The highest BCUT2D eigenvalue weighted by atomic mass is 19.1. The molecule has 0 saturated heterocycles. The molecule has 0 saturated carbocycles. The second kappa shape index (κ2) is 2.25. The Morgan fingerprint density at radius 2 is 2.30 bits per heavy atom. The van der Waals surface area contributed by atoms with Crippen molar-refractivity contribution in [3.63, 3.8) is 0 Å². The van der Waals surface area contributed by atoms with Gasteiger partial charge in [0.05, 0.1) is 12.1 Å². The molecule has 0 spiro atoms. The molecule has 0 aliphatic heterocycles. The average molecular weight is 141 g/mol. The van der Waals surface area contributed by atoms with Gasteiger partial charge in [0.1, 0.15) is 5.83 Å². The van der Waals surface area contributed by atoms with Gasteiger partial charge < -0.3 is 5.73 Å². The summed E-state index contributed by atoms with van der Waals surface area (Å²) in [5.74, 6) is -0.573. The molecule has 54 valence electrons. The highest BCUT2D eigenvalue weighted by Gasteiger charge is 2.14. The van der Waals surface area contributed by atoms with Crippen molar-refractivity contribution in [3.05, 3.63) is 23.2 Å². The molecule has 2 N–H and O–H groups in total. The summed E-state index contributed by atoms with van der Waals surface area (Å²) in [6, 6.07) is 0. The van der Waals surface area contributed by atoms with E-state index in [2.05, 4.69) is 0 Å². The Hall–Kier alpha value is -1.12. The van der Waals surface area contributed by atoms with Gasteiger partial charge in [0.2, 0.25) is 0 Å². The summed E-state index contributed by atoms with van der Waals surface area (Å²) in [6.45, 7) is 1.58. The first-order valence-corrected chi connectivity index (χ1v) is 2.97. The Morgan fingerprint density at radius 3 is 2.80 bits per heavy atom. The van der Waals surface area contributed by atoms with Crippen molar-refractivity contribution in [2.24, 2.45) is 5.73 Å².